The van der Waals surface area contributed by atoms with Crippen LogP contribution in [0, 0.1) is 5.92 Å². The van der Waals surface area contributed by atoms with Crippen molar-refractivity contribution in [3.05, 3.63) is 77.4 Å². The van der Waals surface area contributed by atoms with Crippen LogP contribution in [0.1, 0.15) is 75.2 Å². The van der Waals surface area contributed by atoms with Gasteiger partial charge in [0, 0.05) is 11.3 Å². The average Bonchev–Trinajstić information content (AvgIpc) is 2.89. The highest BCUT2D eigenvalue weighted by atomic mass is 16.2. The van der Waals surface area contributed by atoms with E-state index in [1.165, 1.54) is 4.90 Å². The van der Waals surface area contributed by atoms with E-state index in [0.717, 1.165) is 12.0 Å². The number of nitrogens with zero attached hydrogens (tertiary/aromatic N) is 1. The lowest BCUT2D eigenvalue weighted by Gasteiger charge is -2.35. The molecule has 1 heterocycles. The van der Waals surface area contributed by atoms with Crippen LogP contribution in [-0.4, -0.2) is 34.4 Å². The summed E-state index contributed by atoms with van der Waals surface area (Å²) in [6, 6.07) is 8.59. The largest absolute Gasteiger partial charge is 0.325 e. The summed E-state index contributed by atoms with van der Waals surface area (Å²) in [5.41, 5.74) is 2.45. The van der Waals surface area contributed by atoms with Crippen LogP contribution in [-0.2, 0) is 19.2 Å². The molecule has 2 unspecified atom stereocenters. The van der Waals surface area contributed by atoms with Crippen LogP contribution >= 0.6 is 0 Å². The lowest BCUT2D eigenvalue weighted by Crippen LogP contribution is -2.53. The van der Waals surface area contributed by atoms with Gasteiger partial charge in [0.05, 0.1) is 6.04 Å². The molecule has 0 fully saturated rings. The minimum atomic E-state index is -1.05. The molecular weight excluding hydrogens is 464 g/mol. The number of carbonyl (C=O) groups excluding carboxylic acids is 4. The second kappa shape index (κ2) is 17.8. The Bertz CT molecular complexity index is 1030. The number of benzene rings is 1. The van der Waals surface area contributed by atoms with Gasteiger partial charge in [-0.3, -0.25) is 24.1 Å². The van der Waals surface area contributed by atoms with Crippen LogP contribution in [0.4, 0.5) is 5.69 Å². The van der Waals surface area contributed by atoms with Crippen molar-refractivity contribution in [2.45, 2.75) is 81.2 Å². The molecule has 202 valence electrons. The Morgan fingerprint density at radius 1 is 1.05 bits per heavy atom. The van der Waals surface area contributed by atoms with Gasteiger partial charge in [-0.25, -0.2) is 0 Å². The summed E-state index contributed by atoms with van der Waals surface area (Å²) in [7, 11) is 0. The highest BCUT2D eigenvalue weighted by Gasteiger charge is 2.44. The number of amides is 3. The maximum absolute atomic E-state index is 13.3. The third kappa shape index (κ3) is 9.79. The number of imide groups is 1. The normalized spacial score (nSPS) is 16.7. The minimum absolute atomic E-state index is 0.155. The van der Waals surface area contributed by atoms with E-state index in [2.05, 4.69) is 5.32 Å². The fourth-order valence-electron chi connectivity index (χ4n) is 3.56. The fraction of sp³-hybridized carbons (Fsp3) is 0.419. The molecule has 1 aliphatic heterocycles. The van der Waals surface area contributed by atoms with Crippen LogP contribution < -0.4 is 5.32 Å². The molecule has 1 aromatic rings. The zero-order valence-electron chi connectivity index (χ0n) is 23.9. The van der Waals surface area contributed by atoms with E-state index in [0.29, 0.717) is 23.3 Å². The molecular formula is C31H44N2O4. The Balaban J connectivity index is 0.00000124. The van der Waals surface area contributed by atoms with Crippen molar-refractivity contribution in [3.8, 4) is 0 Å². The lowest BCUT2D eigenvalue weighted by molar-refractivity contribution is -0.149. The van der Waals surface area contributed by atoms with Gasteiger partial charge in [0.15, 0.2) is 5.78 Å². The first-order valence-corrected chi connectivity index (χ1v) is 13.0. The zero-order valence-corrected chi connectivity index (χ0v) is 23.9. The molecule has 0 radical (unpaired) electrons. The number of carbonyl (C=O) groups is 4. The quantitative estimate of drug-likeness (QED) is 0.181. The Labute approximate surface area is 223 Å². The third-order valence-electron chi connectivity index (χ3n) is 5.68. The molecule has 1 aliphatic rings. The van der Waals surface area contributed by atoms with Gasteiger partial charge < -0.3 is 5.32 Å². The molecule has 6 nitrogen and oxygen atoms in total. The van der Waals surface area contributed by atoms with Gasteiger partial charge in [-0.05, 0) is 70.7 Å². The first-order valence-electron chi connectivity index (χ1n) is 13.0. The topological polar surface area (TPSA) is 83.6 Å². The van der Waals surface area contributed by atoms with Crippen molar-refractivity contribution in [1.29, 1.82) is 0 Å². The van der Waals surface area contributed by atoms with Gasteiger partial charge in [-0.1, -0.05) is 76.3 Å². The highest BCUT2D eigenvalue weighted by Crippen LogP contribution is 2.31. The van der Waals surface area contributed by atoms with Gasteiger partial charge in [-0.2, -0.15) is 0 Å². The molecule has 0 aromatic heterocycles. The Kier molecular flexibility index (Phi) is 16.1. The average molecular weight is 509 g/mol. The summed E-state index contributed by atoms with van der Waals surface area (Å²) in [5.74, 6) is -2.14. The summed E-state index contributed by atoms with van der Waals surface area (Å²) >= 11 is 0. The van der Waals surface area contributed by atoms with Crippen LogP contribution in [0.5, 0.6) is 0 Å². The van der Waals surface area contributed by atoms with E-state index in [-0.39, 0.29) is 11.7 Å². The van der Waals surface area contributed by atoms with E-state index in [1.54, 1.807) is 44.2 Å². The molecule has 1 aromatic carbocycles. The molecule has 37 heavy (non-hydrogen) atoms. The van der Waals surface area contributed by atoms with Gasteiger partial charge >= 0.3 is 0 Å². The highest BCUT2D eigenvalue weighted by molar-refractivity contribution is 6.19. The Morgan fingerprint density at radius 2 is 1.65 bits per heavy atom. The molecule has 0 aliphatic carbocycles. The van der Waals surface area contributed by atoms with Gasteiger partial charge in [0.25, 0.3) is 5.91 Å². The van der Waals surface area contributed by atoms with E-state index < -0.39 is 23.8 Å². The standard InChI is InChI=1S/C23H28N2O3.C6H10O.C2H6/c1-5-8-15-19-18(7-3)22(27)25(16(4)12-6-2)23(28)20(19)21(26)24-17-13-10-9-11-14-17;1-4-5(2)6(3)7;1-2/h6,8-16,20H,5,7H2,1-4H3,(H,24,26);4H,1-3H3;1-2H3/b12-6-,15-8-;5-4+;. The molecule has 6 heteroatoms. The smallest absolute Gasteiger partial charge is 0.257 e. The van der Waals surface area contributed by atoms with Crippen molar-refractivity contribution in [2.24, 2.45) is 5.92 Å². The molecule has 0 saturated carbocycles. The monoisotopic (exact) mass is 508 g/mol. The number of allylic oxidation sites excluding steroid dienone is 5. The Hall–Kier alpha value is -3.54. The van der Waals surface area contributed by atoms with E-state index in [4.69, 9.17) is 0 Å². The molecule has 0 spiro atoms. The van der Waals surface area contributed by atoms with E-state index in [9.17, 15) is 19.2 Å². The number of anilines is 1. The van der Waals surface area contributed by atoms with Crippen molar-refractivity contribution < 1.29 is 19.2 Å². The fourth-order valence-corrected chi connectivity index (χ4v) is 3.56. The lowest BCUT2D eigenvalue weighted by atomic mass is 9.85. The van der Waals surface area contributed by atoms with Gasteiger partial charge in [-0.15, -0.1) is 0 Å². The predicted octanol–water partition coefficient (Wildman–Crippen LogP) is 6.82. The van der Waals surface area contributed by atoms with Crippen molar-refractivity contribution >= 4 is 29.2 Å². The van der Waals surface area contributed by atoms with Crippen LogP contribution in [0.25, 0.3) is 0 Å². The summed E-state index contributed by atoms with van der Waals surface area (Å²) < 4.78 is 0. The van der Waals surface area contributed by atoms with Crippen LogP contribution in [0.2, 0.25) is 0 Å². The third-order valence-corrected chi connectivity index (χ3v) is 5.68. The first kappa shape index (κ1) is 33.5. The van der Waals surface area contributed by atoms with Crippen LogP contribution in [0.3, 0.4) is 0 Å². The summed E-state index contributed by atoms with van der Waals surface area (Å²) in [6.45, 7) is 16.7. The summed E-state index contributed by atoms with van der Waals surface area (Å²) in [5, 5.41) is 2.82. The van der Waals surface area contributed by atoms with Crippen LogP contribution in [0.15, 0.2) is 77.4 Å². The number of nitrogens with one attached hydrogen (secondary N) is 1. The number of Topliss-reactive ketones (excluding diaryl/α,β-unsaturated/α-hetero) is 1. The molecule has 0 bridgehead atoms. The number of hydrogen-bond donors (Lipinski definition) is 1. The molecule has 2 rings (SSSR count). The van der Waals surface area contributed by atoms with Crippen molar-refractivity contribution in [3.63, 3.8) is 0 Å². The summed E-state index contributed by atoms with van der Waals surface area (Å²) in [6.07, 6.45) is 10.2. The number of rotatable bonds is 8. The number of para-hydroxylation sites is 1. The van der Waals surface area contributed by atoms with E-state index >= 15 is 0 Å². The maximum atomic E-state index is 13.3. The minimum Gasteiger partial charge on any atom is -0.325 e. The Morgan fingerprint density at radius 3 is 2.08 bits per heavy atom. The predicted molar refractivity (Wildman–Crippen MR) is 153 cm³/mol. The second-order valence-corrected chi connectivity index (χ2v) is 8.19. The molecule has 3 amide bonds. The number of ketones is 1. The number of hydrogen-bond acceptors (Lipinski definition) is 4. The van der Waals surface area contributed by atoms with E-state index in [1.807, 2.05) is 78.8 Å². The maximum Gasteiger partial charge on any atom is 0.257 e. The zero-order chi connectivity index (χ0) is 28.5. The van der Waals surface area contributed by atoms with Gasteiger partial charge in [0.2, 0.25) is 11.8 Å². The van der Waals surface area contributed by atoms with Gasteiger partial charge in [0.1, 0.15) is 5.92 Å². The molecule has 1 N–H and O–H groups in total. The molecule has 2 atom stereocenters. The van der Waals surface area contributed by atoms with Crippen molar-refractivity contribution in [1.82, 2.24) is 4.90 Å². The molecule has 0 saturated heterocycles. The summed E-state index contributed by atoms with van der Waals surface area (Å²) in [4.78, 5) is 50.9. The SMILES string of the molecule is C/C=C(\C)C(C)=O.C/C=C\C(C)N1C(=O)C(CC)=C(/C=C\CC)C(C(=O)Nc2ccccc2)C1=O.CC. The second-order valence-electron chi connectivity index (χ2n) is 8.19. The first-order chi connectivity index (χ1) is 17.6. The van der Waals surface area contributed by atoms with Crippen molar-refractivity contribution in [2.75, 3.05) is 5.32 Å².